The fraction of sp³-hybridized carbons (Fsp3) is 0.533. The van der Waals surface area contributed by atoms with E-state index in [-0.39, 0.29) is 24.3 Å². The molecule has 1 rings (SSSR count). The predicted molar refractivity (Wildman–Crippen MR) is 79.9 cm³/mol. The zero-order valence-corrected chi connectivity index (χ0v) is 13.8. The molecule has 0 radical (unpaired) electrons. The highest BCUT2D eigenvalue weighted by Gasteiger charge is 2.41. The van der Waals surface area contributed by atoms with Crippen LogP contribution >= 0.6 is 15.9 Å². The van der Waals surface area contributed by atoms with E-state index < -0.39 is 23.7 Å². The highest BCUT2D eigenvalue weighted by Crippen LogP contribution is 2.45. The van der Waals surface area contributed by atoms with Crippen LogP contribution in [0, 0.1) is 5.41 Å². The van der Waals surface area contributed by atoms with Crippen molar-refractivity contribution in [2.75, 3.05) is 6.61 Å². The van der Waals surface area contributed by atoms with Crippen molar-refractivity contribution < 1.29 is 23.4 Å². The molecule has 21 heavy (non-hydrogen) atoms. The fourth-order valence-electron chi connectivity index (χ4n) is 2.24. The summed E-state index contributed by atoms with van der Waals surface area (Å²) in [6.45, 7) is 5.04. The summed E-state index contributed by atoms with van der Waals surface area (Å²) in [7, 11) is 0. The Bertz CT molecular complexity index is 516. The Balaban J connectivity index is 3.11. The van der Waals surface area contributed by atoms with E-state index in [0.717, 1.165) is 0 Å². The minimum atomic E-state index is -3.17. The number of hydrogen-bond acceptors (Lipinski definition) is 2. The number of carbonyl (C=O) groups is 1. The Morgan fingerprint density at radius 1 is 1.38 bits per heavy atom. The molecule has 0 saturated carbocycles. The fourth-order valence-corrected chi connectivity index (χ4v) is 2.60. The molecule has 0 spiro atoms. The third-order valence-electron chi connectivity index (χ3n) is 2.97. The van der Waals surface area contributed by atoms with Crippen LogP contribution < -0.4 is 4.74 Å². The lowest BCUT2D eigenvalue weighted by atomic mass is 9.81. The second-order valence-electron chi connectivity index (χ2n) is 5.69. The predicted octanol–water partition coefficient (Wildman–Crippen LogP) is 4.83. The average Bonchev–Trinajstić information content (AvgIpc) is 2.28. The first-order valence-electron chi connectivity index (χ1n) is 6.60. The first-order chi connectivity index (χ1) is 9.57. The Morgan fingerprint density at radius 3 is 2.52 bits per heavy atom. The third kappa shape index (κ3) is 5.26. The Labute approximate surface area is 131 Å². The molecule has 0 aliphatic rings. The molecule has 0 atom stereocenters. The molecule has 1 aromatic rings. The van der Waals surface area contributed by atoms with Crippen LogP contribution in [0.25, 0.3) is 0 Å². The number of ether oxygens (including phenoxy) is 1. The van der Waals surface area contributed by atoms with E-state index in [1.807, 2.05) is 0 Å². The zero-order valence-electron chi connectivity index (χ0n) is 12.3. The molecule has 6 heteroatoms. The van der Waals surface area contributed by atoms with Crippen LogP contribution in [-0.2, 0) is 10.7 Å². The standard InChI is InChI=1S/C15H19BrF2O3/c1-4-21-12-6-5-10(16)7-11(12)15(17,18)9-14(2,3)8-13(19)20/h5-7H,4,8-9H2,1-3H3,(H,19,20). The number of carboxylic acids is 1. The van der Waals surface area contributed by atoms with Crippen molar-refractivity contribution in [1.82, 2.24) is 0 Å². The van der Waals surface area contributed by atoms with Gasteiger partial charge >= 0.3 is 5.97 Å². The minimum absolute atomic E-state index is 0.122. The second kappa shape index (κ2) is 6.73. The molecule has 1 N–H and O–H groups in total. The molecule has 0 fully saturated rings. The molecule has 0 saturated heterocycles. The highest BCUT2D eigenvalue weighted by atomic mass is 79.9. The molecular formula is C15H19BrF2O3. The van der Waals surface area contributed by atoms with Crippen molar-refractivity contribution >= 4 is 21.9 Å². The monoisotopic (exact) mass is 364 g/mol. The van der Waals surface area contributed by atoms with Gasteiger partial charge in [-0.15, -0.1) is 0 Å². The van der Waals surface area contributed by atoms with Gasteiger partial charge in [0.05, 0.1) is 18.6 Å². The summed E-state index contributed by atoms with van der Waals surface area (Å²) in [5, 5.41) is 8.82. The maximum atomic E-state index is 14.6. The van der Waals surface area contributed by atoms with E-state index >= 15 is 0 Å². The van der Waals surface area contributed by atoms with Gasteiger partial charge in [0.15, 0.2) is 0 Å². The molecule has 1 aromatic carbocycles. The number of carboxylic acid groups (broad SMARTS) is 1. The highest BCUT2D eigenvalue weighted by molar-refractivity contribution is 9.10. The summed E-state index contributed by atoms with van der Waals surface area (Å²) >= 11 is 3.18. The van der Waals surface area contributed by atoms with E-state index in [9.17, 15) is 13.6 Å². The van der Waals surface area contributed by atoms with E-state index in [1.165, 1.54) is 26.0 Å². The first kappa shape index (κ1) is 17.9. The Hall–Kier alpha value is -1.17. The summed E-state index contributed by atoms with van der Waals surface area (Å²) in [6.07, 6.45) is -0.886. The van der Waals surface area contributed by atoms with Crippen LogP contribution in [0.2, 0.25) is 0 Å². The Morgan fingerprint density at radius 2 is 2.00 bits per heavy atom. The van der Waals surface area contributed by atoms with Gasteiger partial charge in [0.1, 0.15) is 5.75 Å². The van der Waals surface area contributed by atoms with E-state index in [2.05, 4.69) is 15.9 Å². The normalized spacial score (nSPS) is 12.3. The number of benzene rings is 1. The molecular weight excluding hydrogens is 346 g/mol. The summed E-state index contributed by atoms with van der Waals surface area (Å²) in [4.78, 5) is 10.8. The van der Waals surface area contributed by atoms with E-state index in [1.54, 1.807) is 13.0 Å². The van der Waals surface area contributed by atoms with Gasteiger partial charge < -0.3 is 9.84 Å². The van der Waals surface area contributed by atoms with Crippen molar-refractivity contribution in [3.8, 4) is 5.75 Å². The molecule has 0 amide bonds. The van der Waals surface area contributed by atoms with Gasteiger partial charge in [0.25, 0.3) is 5.92 Å². The lowest BCUT2D eigenvalue weighted by Gasteiger charge is -2.29. The maximum Gasteiger partial charge on any atom is 0.303 e. The SMILES string of the molecule is CCOc1ccc(Br)cc1C(F)(F)CC(C)(C)CC(=O)O. The summed E-state index contributed by atoms with van der Waals surface area (Å²) in [6, 6.07) is 4.44. The molecule has 0 unspecified atom stereocenters. The number of rotatable bonds is 7. The summed E-state index contributed by atoms with van der Waals surface area (Å²) in [5.74, 6) is -4.14. The second-order valence-corrected chi connectivity index (χ2v) is 6.61. The van der Waals surface area contributed by atoms with Crippen LogP contribution in [0.5, 0.6) is 5.75 Å². The van der Waals surface area contributed by atoms with E-state index in [4.69, 9.17) is 9.84 Å². The number of alkyl halides is 2. The molecule has 0 heterocycles. The van der Waals surface area contributed by atoms with Gasteiger partial charge in [-0.1, -0.05) is 29.8 Å². The maximum absolute atomic E-state index is 14.6. The van der Waals surface area contributed by atoms with Gasteiger partial charge in [0.2, 0.25) is 0 Å². The van der Waals surface area contributed by atoms with Crippen molar-refractivity contribution in [2.45, 2.75) is 39.5 Å². The lowest BCUT2D eigenvalue weighted by molar-refractivity contribution is -0.140. The molecule has 0 aliphatic heterocycles. The van der Waals surface area contributed by atoms with Crippen LogP contribution in [0.1, 0.15) is 39.2 Å². The minimum Gasteiger partial charge on any atom is -0.493 e. The smallest absolute Gasteiger partial charge is 0.303 e. The van der Waals surface area contributed by atoms with Gasteiger partial charge in [-0.25, -0.2) is 8.78 Å². The third-order valence-corrected chi connectivity index (χ3v) is 3.46. The molecule has 0 aromatic heterocycles. The molecule has 0 aliphatic carbocycles. The van der Waals surface area contributed by atoms with Gasteiger partial charge in [-0.3, -0.25) is 4.79 Å². The molecule has 3 nitrogen and oxygen atoms in total. The number of hydrogen-bond donors (Lipinski definition) is 1. The van der Waals surface area contributed by atoms with Crippen LogP contribution in [0.4, 0.5) is 8.78 Å². The van der Waals surface area contributed by atoms with Crippen LogP contribution in [0.3, 0.4) is 0 Å². The summed E-state index contributed by atoms with van der Waals surface area (Å²) < 4.78 is 34.9. The topological polar surface area (TPSA) is 46.5 Å². The molecule has 118 valence electrons. The average molecular weight is 365 g/mol. The van der Waals surface area contributed by atoms with E-state index in [0.29, 0.717) is 4.47 Å². The lowest BCUT2D eigenvalue weighted by Crippen LogP contribution is -2.27. The summed E-state index contributed by atoms with van der Waals surface area (Å²) in [5.41, 5.74) is -1.25. The van der Waals surface area contributed by atoms with Crippen molar-refractivity contribution in [3.05, 3.63) is 28.2 Å². The van der Waals surface area contributed by atoms with Crippen molar-refractivity contribution in [3.63, 3.8) is 0 Å². The largest absolute Gasteiger partial charge is 0.493 e. The van der Waals surface area contributed by atoms with Gasteiger partial charge in [0, 0.05) is 10.9 Å². The van der Waals surface area contributed by atoms with Crippen LogP contribution in [-0.4, -0.2) is 17.7 Å². The van der Waals surface area contributed by atoms with Crippen LogP contribution in [0.15, 0.2) is 22.7 Å². The molecule has 0 bridgehead atoms. The number of aliphatic carboxylic acids is 1. The zero-order chi connectivity index (χ0) is 16.3. The first-order valence-corrected chi connectivity index (χ1v) is 7.39. The number of halogens is 3. The van der Waals surface area contributed by atoms with Crippen molar-refractivity contribution in [1.29, 1.82) is 0 Å². The quantitative estimate of drug-likeness (QED) is 0.753. The van der Waals surface area contributed by atoms with Gasteiger partial charge in [-0.2, -0.15) is 0 Å². The van der Waals surface area contributed by atoms with Crippen molar-refractivity contribution in [2.24, 2.45) is 5.41 Å². The van der Waals surface area contributed by atoms with Gasteiger partial charge in [-0.05, 0) is 30.5 Å². The Kier molecular flexibility index (Phi) is 5.73.